The van der Waals surface area contributed by atoms with Gasteiger partial charge >= 0.3 is 0 Å². The van der Waals surface area contributed by atoms with Gasteiger partial charge in [-0.05, 0) is 31.2 Å². The van der Waals surface area contributed by atoms with Crippen LogP contribution in [0.4, 0.5) is 5.69 Å². The topological polar surface area (TPSA) is 37.6 Å². The van der Waals surface area contributed by atoms with E-state index >= 15 is 0 Å². The third kappa shape index (κ3) is 3.65. The summed E-state index contributed by atoms with van der Waals surface area (Å²) in [6.45, 7) is 7.68. The maximum absolute atomic E-state index is 12.2. The van der Waals surface area contributed by atoms with Crippen LogP contribution in [0.15, 0.2) is 35.5 Å². The molecule has 0 aliphatic carbocycles. The van der Waals surface area contributed by atoms with Crippen LogP contribution in [0.25, 0.3) is 5.69 Å². The normalized spacial score (nSPS) is 12.5. The molecule has 0 N–H and O–H groups in total. The molecule has 2 rings (SSSR count). The van der Waals surface area contributed by atoms with Crippen molar-refractivity contribution in [3.05, 3.63) is 40.1 Å². The Bertz CT molecular complexity index is 730. The number of aryl methyl sites for hydroxylation is 1. The molecule has 0 fully saturated rings. The van der Waals surface area contributed by atoms with Crippen molar-refractivity contribution in [1.29, 1.82) is 0 Å². The van der Waals surface area contributed by atoms with E-state index in [4.69, 9.17) is 0 Å². The number of amides is 1. The molecule has 5 heteroatoms. The smallest absolute Gasteiger partial charge is 0.253 e. The number of benzene rings is 1. The second-order valence-electron chi connectivity index (χ2n) is 6.57. The summed E-state index contributed by atoms with van der Waals surface area (Å²) in [5, 5.41) is 0. The van der Waals surface area contributed by atoms with E-state index in [1.807, 2.05) is 64.7 Å². The molecule has 0 aliphatic rings. The van der Waals surface area contributed by atoms with Gasteiger partial charge in [0.05, 0.1) is 0 Å². The summed E-state index contributed by atoms with van der Waals surface area (Å²) in [7, 11) is 4.03. The van der Waals surface area contributed by atoms with Crippen LogP contribution >= 0.6 is 11.3 Å². The summed E-state index contributed by atoms with van der Waals surface area (Å²) in [6.07, 6.45) is 2.02. The molecule has 0 bridgehead atoms. The van der Waals surface area contributed by atoms with Crippen molar-refractivity contribution >= 4 is 22.9 Å². The molecular weight excluding hydrogens is 294 g/mol. The molecule has 0 saturated carbocycles. The second kappa shape index (κ2) is 6.08. The molecular formula is C17H23N3OS. The largest absolute Gasteiger partial charge is 0.378 e. The Morgan fingerprint density at radius 2 is 1.77 bits per heavy atom. The zero-order valence-electron chi connectivity index (χ0n) is 14.0. The summed E-state index contributed by atoms with van der Waals surface area (Å²) in [6, 6.07) is 8.21. The van der Waals surface area contributed by atoms with Crippen molar-refractivity contribution in [3.63, 3.8) is 0 Å². The molecule has 4 nitrogen and oxygen atoms in total. The molecule has 0 aliphatic heterocycles. The minimum absolute atomic E-state index is 0.104. The molecule has 0 unspecified atom stereocenters. The predicted octanol–water partition coefficient (Wildman–Crippen LogP) is 3.39. The lowest BCUT2D eigenvalue weighted by molar-refractivity contribution is -0.125. The first-order valence-corrected chi connectivity index (χ1v) is 8.06. The van der Waals surface area contributed by atoms with E-state index in [1.54, 1.807) is 0 Å². The van der Waals surface area contributed by atoms with Crippen LogP contribution in [-0.2, 0) is 4.79 Å². The summed E-state index contributed by atoms with van der Waals surface area (Å²) in [5.74, 6) is -0.104. The van der Waals surface area contributed by atoms with Crippen molar-refractivity contribution in [2.24, 2.45) is 10.4 Å². The number of nitrogens with zero attached hydrogens (tertiary/aromatic N) is 3. The first-order chi connectivity index (χ1) is 10.2. The minimum atomic E-state index is -0.468. The molecule has 0 saturated heterocycles. The lowest BCUT2D eigenvalue weighted by Gasteiger charge is -2.13. The van der Waals surface area contributed by atoms with Gasteiger partial charge in [0.25, 0.3) is 5.91 Å². The molecule has 1 aromatic heterocycles. The Balaban J connectivity index is 2.49. The van der Waals surface area contributed by atoms with Gasteiger partial charge in [0.2, 0.25) is 0 Å². The average molecular weight is 317 g/mol. The molecule has 1 heterocycles. The molecule has 0 spiro atoms. The fraction of sp³-hybridized carbons (Fsp3) is 0.412. The standard InChI is InChI=1S/C17H23N3OS/c1-12-11-20(14-9-7-13(8-10-14)19(5)6)16(22-12)18-15(21)17(2,3)4/h7-11H,1-6H3/b18-16-. The monoisotopic (exact) mass is 317 g/mol. The van der Waals surface area contributed by atoms with Gasteiger partial charge in [-0.15, -0.1) is 11.3 Å². The van der Waals surface area contributed by atoms with Gasteiger partial charge in [-0.25, -0.2) is 0 Å². The highest BCUT2D eigenvalue weighted by Crippen LogP contribution is 2.17. The summed E-state index contributed by atoms with van der Waals surface area (Å²) in [4.78, 5) is 20.4. The SMILES string of the molecule is Cc1cn(-c2ccc(N(C)C)cc2)/c(=N/C(=O)C(C)(C)C)s1. The summed E-state index contributed by atoms with van der Waals surface area (Å²) < 4.78 is 1.98. The fourth-order valence-corrected chi connectivity index (χ4v) is 2.72. The summed E-state index contributed by atoms with van der Waals surface area (Å²) in [5.41, 5.74) is 1.68. The van der Waals surface area contributed by atoms with Gasteiger partial charge in [-0.2, -0.15) is 4.99 Å². The molecule has 2 aromatic rings. The number of aromatic nitrogens is 1. The Morgan fingerprint density at radius 1 is 1.18 bits per heavy atom. The first-order valence-electron chi connectivity index (χ1n) is 7.24. The van der Waals surface area contributed by atoms with Crippen LogP contribution in [0.3, 0.4) is 0 Å². The number of hydrogen-bond acceptors (Lipinski definition) is 3. The van der Waals surface area contributed by atoms with Crippen LogP contribution < -0.4 is 9.70 Å². The first kappa shape index (κ1) is 16.5. The molecule has 22 heavy (non-hydrogen) atoms. The van der Waals surface area contributed by atoms with Gasteiger partial charge in [0.1, 0.15) is 0 Å². The van der Waals surface area contributed by atoms with Crippen molar-refractivity contribution < 1.29 is 4.79 Å². The number of carbonyl (C=O) groups excluding carboxylic acids is 1. The number of carbonyl (C=O) groups is 1. The van der Waals surface area contributed by atoms with Gasteiger partial charge in [0, 0.05) is 42.0 Å². The Morgan fingerprint density at radius 3 is 2.27 bits per heavy atom. The number of anilines is 1. The van der Waals surface area contributed by atoms with E-state index in [2.05, 4.69) is 22.0 Å². The molecule has 0 radical (unpaired) electrons. The van der Waals surface area contributed by atoms with Crippen LogP contribution in [0, 0.1) is 12.3 Å². The molecule has 118 valence electrons. The van der Waals surface area contributed by atoms with E-state index in [1.165, 1.54) is 11.3 Å². The minimum Gasteiger partial charge on any atom is -0.378 e. The van der Waals surface area contributed by atoms with Gasteiger partial charge in [-0.3, -0.25) is 9.36 Å². The third-order valence-electron chi connectivity index (χ3n) is 3.25. The van der Waals surface area contributed by atoms with E-state index in [-0.39, 0.29) is 5.91 Å². The van der Waals surface area contributed by atoms with Crippen LogP contribution in [-0.4, -0.2) is 24.6 Å². The number of rotatable bonds is 2. The van der Waals surface area contributed by atoms with Gasteiger partial charge < -0.3 is 4.90 Å². The zero-order chi connectivity index (χ0) is 16.5. The summed E-state index contributed by atoms with van der Waals surface area (Å²) >= 11 is 1.53. The van der Waals surface area contributed by atoms with Gasteiger partial charge in [0.15, 0.2) is 4.80 Å². The Kier molecular flexibility index (Phi) is 4.56. The fourth-order valence-electron chi connectivity index (χ4n) is 1.88. The lowest BCUT2D eigenvalue weighted by Crippen LogP contribution is -2.23. The maximum Gasteiger partial charge on any atom is 0.253 e. The Hall–Kier alpha value is -1.88. The number of hydrogen-bond donors (Lipinski definition) is 0. The Labute approximate surface area is 135 Å². The van der Waals surface area contributed by atoms with E-state index in [0.29, 0.717) is 0 Å². The molecule has 0 atom stereocenters. The van der Waals surface area contributed by atoms with Crippen molar-refractivity contribution in [2.75, 3.05) is 19.0 Å². The highest BCUT2D eigenvalue weighted by Gasteiger charge is 2.20. The highest BCUT2D eigenvalue weighted by molar-refractivity contribution is 7.09. The van der Waals surface area contributed by atoms with E-state index in [0.717, 1.165) is 21.1 Å². The van der Waals surface area contributed by atoms with Crippen molar-refractivity contribution in [3.8, 4) is 5.69 Å². The molecule has 1 aromatic carbocycles. The van der Waals surface area contributed by atoms with E-state index in [9.17, 15) is 4.79 Å². The number of thiazole rings is 1. The van der Waals surface area contributed by atoms with Crippen molar-refractivity contribution in [2.45, 2.75) is 27.7 Å². The molecule has 1 amide bonds. The van der Waals surface area contributed by atoms with Crippen molar-refractivity contribution in [1.82, 2.24) is 4.57 Å². The maximum atomic E-state index is 12.2. The van der Waals surface area contributed by atoms with E-state index < -0.39 is 5.41 Å². The van der Waals surface area contributed by atoms with Crippen LogP contribution in [0.1, 0.15) is 25.6 Å². The highest BCUT2D eigenvalue weighted by atomic mass is 32.1. The van der Waals surface area contributed by atoms with Gasteiger partial charge in [-0.1, -0.05) is 20.8 Å². The quantitative estimate of drug-likeness (QED) is 0.851. The van der Waals surface area contributed by atoms with Crippen LogP contribution in [0.5, 0.6) is 0 Å². The van der Waals surface area contributed by atoms with Crippen LogP contribution in [0.2, 0.25) is 0 Å². The average Bonchev–Trinajstić information content (AvgIpc) is 2.78. The predicted molar refractivity (Wildman–Crippen MR) is 92.7 cm³/mol. The lowest BCUT2D eigenvalue weighted by atomic mass is 9.96. The third-order valence-corrected chi connectivity index (χ3v) is 4.15. The second-order valence-corrected chi connectivity index (χ2v) is 7.79. The zero-order valence-corrected chi connectivity index (χ0v) is 14.9.